The largest absolute Gasteiger partial charge is 0.492 e. The lowest BCUT2D eigenvalue weighted by Crippen LogP contribution is -2.01. The van der Waals surface area contributed by atoms with Gasteiger partial charge in [-0.15, -0.1) is 11.3 Å². The summed E-state index contributed by atoms with van der Waals surface area (Å²) in [5, 5.41) is 3.74. The fourth-order valence-corrected chi connectivity index (χ4v) is 2.32. The van der Waals surface area contributed by atoms with E-state index in [0.717, 1.165) is 15.5 Å². The molecule has 0 N–H and O–H groups in total. The van der Waals surface area contributed by atoms with E-state index >= 15 is 0 Å². The molecule has 0 radical (unpaired) electrons. The van der Waals surface area contributed by atoms with E-state index in [1.807, 2.05) is 19.9 Å². The molecule has 1 aliphatic rings. The summed E-state index contributed by atoms with van der Waals surface area (Å²) >= 11 is 1.57. The third-order valence-electron chi connectivity index (χ3n) is 1.95. The number of thiophene rings is 1. The molecule has 4 nitrogen and oxygen atoms in total. The number of ether oxygens (including phenoxy) is 1. The quantitative estimate of drug-likeness (QED) is 0.740. The molecule has 1 aliphatic heterocycles. The molecule has 0 bridgehead atoms. The van der Waals surface area contributed by atoms with Crippen LogP contribution in [0.2, 0.25) is 0 Å². The van der Waals surface area contributed by atoms with Crippen molar-refractivity contribution in [3.05, 3.63) is 15.8 Å². The van der Waals surface area contributed by atoms with Crippen molar-refractivity contribution in [1.29, 1.82) is 0 Å². The van der Waals surface area contributed by atoms with E-state index in [4.69, 9.17) is 4.74 Å². The van der Waals surface area contributed by atoms with Crippen LogP contribution in [0.4, 0.5) is 0 Å². The van der Waals surface area contributed by atoms with Gasteiger partial charge in [0.05, 0.1) is 17.9 Å². The summed E-state index contributed by atoms with van der Waals surface area (Å²) in [5.74, 6) is 0.482. The second-order valence-electron chi connectivity index (χ2n) is 3.16. The van der Waals surface area contributed by atoms with Crippen LogP contribution in [0.15, 0.2) is 11.2 Å². The lowest BCUT2D eigenvalue weighted by atomic mass is 10.2. The molecule has 0 atom stereocenters. The van der Waals surface area contributed by atoms with E-state index in [9.17, 15) is 4.79 Å². The Labute approximate surface area is 91.5 Å². The van der Waals surface area contributed by atoms with Crippen molar-refractivity contribution >= 4 is 23.0 Å². The number of rotatable bonds is 3. The van der Waals surface area contributed by atoms with Gasteiger partial charge in [0.2, 0.25) is 0 Å². The minimum Gasteiger partial charge on any atom is -0.492 e. The smallest absolute Gasteiger partial charge is 0.341 e. The Bertz CT molecular complexity index is 422. The highest BCUT2D eigenvalue weighted by Crippen LogP contribution is 2.31. The Morgan fingerprint density at radius 2 is 2.47 bits per heavy atom. The van der Waals surface area contributed by atoms with E-state index in [0.29, 0.717) is 12.3 Å². The van der Waals surface area contributed by atoms with Crippen LogP contribution in [0.3, 0.4) is 0 Å². The SMILES string of the molecule is CCOc1cc(C)sc1C1=NOC(=O)C1. The van der Waals surface area contributed by atoms with Gasteiger partial charge < -0.3 is 9.57 Å². The molecule has 0 saturated carbocycles. The van der Waals surface area contributed by atoms with Crippen LogP contribution in [0.5, 0.6) is 5.75 Å². The minimum absolute atomic E-state index is 0.236. The Kier molecular flexibility index (Phi) is 2.73. The molecule has 1 aromatic rings. The van der Waals surface area contributed by atoms with Crippen molar-refractivity contribution in [3.8, 4) is 5.75 Å². The van der Waals surface area contributed by atoms with Crippen LogP contribution < -0.4 is 4.74 Å². The number of carbonyl (C=O) groups is 1. The van der Waals surface area contributed by atoms with E-state index in [2.05, 4.69) is 9.99 Å². The molecule has 0 amide bonds. The third kappa shape index (κ3) is 2.02. The first-order valence-electron chi connectivity index (χ1n) is 4.71. The van der Waals surface area contributed by atoms with E-state index in [1.165, 1.54) is 0 Å². The van der Waals surface area contributed by atoms with Gasteiger partial charge in [-0.1, -0.05) is 5.16 Å². The number of aryl methyl sites for hydroxylation is 1. The van der Waals surface area contributed by atoms with Gasteiger partial charge in [-0.05, 0) is 19.9 Å². The van der Waals surface area contributed by atoms with Crippen molar-refractivity contribution < 1.29 is 14.4 Å². The average molecular weight is 225 g/mol. The molecule has 0 spiro atoms. The van der Waals surface area contributed by atoms with Crippen LogP contribution in [-0.2, 0) is 9.63 Å². The molecule has 80 valence electrons. The first kappa shape index (κ1) is 10.2. The minimum atomic E-state index is -0.307. The van der Waals surface area contributed by atoms with Crippen LogP contribution in [0, 0.1) is 6.92 Å². The summed E-state index contributed by atoms with van der Waals surface area (Å²) in [7, 11) is 0. The van der Waals surface area contributed by atoms with Crippen molar-refractivity contribution in [3.63, 3.8) is 0 Å². The summed E-state index contributed by atoms with van der Waals surface area (Å²) in [6.45, 7) is 4.52. The molecule has 1 aromatic heterocycles. The van der Waals surface area contributed by atoms with E-state index < -0.39 is 0 Å². The molecule has 0 unspecified atom stereocenters. The zero-order valence-electron chi connectivity index (χ0n) is 8.57. The number of nitrogens with zero attached hydrogens (tertiary/aromatic N) is 1. The fourth-order valence-electron chi connectivity index (χ4n) is 1.38. The third-order valence-corrected chi connectivity index (χ3v) is 3.03. The molecule has 2 rings (SSSR count). The maximum absolute atomic E-state index is 10.9. The lowest BCUT2D eigenvalue weighted by Gasteiger charge is -2.01. The Morgan fingerprint density at radius 3 is 3.07 bits per heavy atom. The Hall–Kier alpha value is -1.36. The number of oxime groups is 1. The summed E-state index contributed by atoms with van der Waals surface area (Å²) in [4.78, 5) is 17.5. The predicted molar refractivity (Wildman–Crippen MR) is 57.5 cm³/mol. The maximum atomic E-state index is 10.9. The van der Waals surface area contributed by atoms with Gasteiger partial charge in [0, 0.05) is 4.88 Å². The number of carbonyl (C=O) groups excluding carboxylic acids is 1. The molecular formula is C10H11NO3S. The van der Waals surface area contributed by atoms with Crippen LogP contribution in [-0.4, -0.2) is 18.3 Å². The van der Waals surface area contributed by atoms with Gasteiger partial charge in [0.25, 0.3) is 0 Å². The molecular weight excluding hydrogens is 214 g/mol. The maximum Gasteiger partial charge on any atom is 0.341 e. The van der Waals surface area contributed by atoms with Crippen molar-refractivity contribution in [2.75, 3.05) is 6.61 Å². The van der Waals surface area contributed by atoms with Crippen molar-refractivity contribution in [2.45, 2.75) is 20.3 Å². The summed E-state index contributed by atoms with van der Waals surface area (Å²) in [6.07, 6.45) is 0.236. The second kappa shape index (κ2) is 4.02. The molecule has 0 aromatic carbocycles. The van der Waals surface area contributed by atoms with Gasteiger partial charge in [0.1, 0.15) is 11.5 Å². The lowest BCUT2D eigenvalue weighted by molar-refractivity contribution is -0.140. The molecule has 0 fully saturated rings. The molecule has 5 heteroatoms. The van der Waals surface area contributed by atoms with Crippen molar-refractivity contribution in [2.24, 2.45) is 5.16 Å². The van der Waals surface area contributed by atoms with Crippen LogP contribution >= 0.6 is 11.3 Å². The van der Waals surface area contributed by atoms with Gasteiger partial charge >= 0.3 is 5.97 Å². The van der Waals surface area contributed by atoms with E-state index in [1.54, 1.807) is 11.3 Å². The van der Waals surface area contributed by atoms with Crippen LogP contribution in [0.25, 0.3) is 0 Å². The molecule has 2 heterocycles. The van der Waals surface area contributed by atoms with Gasteiger partial charge in [-0.2, -0.15) is 0 Å². The molecule has 0 aliphatic carbocycles. The topological polar surface area (TPSA) is 47.9 Å². The zero-order valence-corrected chi connectivity index (χ0v) is 9.39. The number of hydrogen-bond acceptors (Lipinski definition) is 5. The van der Waals surface area contributed by atoms with Gasteiger partial charge in [-0.25, -0.2) is 4.79 Å². The highest BCUT2D eigenvalue weighted by Gasteiger charge is 2.23. The summed E-state index contributed by atoms with van der Waals surface area (Å²) < 4.78 is 5.47. The predicted octanol–water partition coefficient (Wildman–Crippen LogP) is 2.11. The number of hydrogen-bond donors (Lipinski definition) is 0. The zero-order chi connectivity index (χ0) is 10.8. The normalized spacial score (nSPS) is 15.1. The Morgan fingerprint density at radius 1 is 1.67 bits per heavy atom. The molecule has 0 saturated heterocycles. The highest BCUT2D eigenvalue weighted by atomic mass is 32.1. The standard InChI is InChI=1S/C10H11NO3S/c1-3-13-8-4-6(2)15-10(8)7-5-9(12)14-11-7/h4H,3,5H2,1-2H3. The summed E-state index contributed by atoms with van der Waals surface area (Å²) in [5.41, 5.74) is 0.668. The highest BCUT2D eigenvalue weighted by molar-refractivity contribution is 7.14. The van der Waals surface area contributed by atoms with Gasteiger partial charge in [0.15, 0.2) is 0 Å². The van der Waals surface area contributed by atoms with Gasteiger partial charge in [-0.3, -0.25) is 0 Å². The average Bonchev–Trinajstić information content (AvgIpc) is 2.73. The van der Waals surface area contributed by atoms with E-state index in [-0.39, 0.29) is 12.4 Å². The molecule has 15 heavy (non-hydrogen) atoms. The summed E-state index contributed by atoms with van der Waals surface area (Å²) in [6, 6.07) is 1.95. The van der Waals surface area contributed by atoms with Crippen molar-refractivity contribution in [1.82, 2.24) is 0 Å². The first-order valence-corrected chi connectivity index (χ1v) is 5.52. The monoisotopic (exact) mass is 225 g/mol. The second-order valence-corrected chi connectivity index (χ2v) is 4.42. The first-order chi connectivity index (χ1) is 7.20. The fraction of sp³-hybridized carbons (Fsp3) is 0.400. The Balaban J connectivity index is 2.30. The van der Waals surface area contributed by atoms with Crippen LogP contribution in [0.1, 0.15) is 23.1 Å².